The third-order valence-electron chi connectivity index (χ3n) is 6.62. The first-order chi connectivity index (χ1) is 14.2. The molecule has 0 spiro atoms. The molecule has 1 amide bonds. The lowest BCUT2D eigenvalue weighted by Gasteiger charge is -2.40. The highest BCUT2D eigenvalue weighted by molar-refractivity contribution is 6.31. The smallest absolute Gasteiger partial charge is 0.241 e. The Morgan fingerprint density at radius 2 is 1.93 bits per heavy atom. The van der Waals surface area contributed by atoms with Gasteiger partial charge in [0.15, 0.2) is 0 Å². The van der Waals surface area contributed by atoms with Crippen molar-refractivity contribution in [2.45, 2.75) is 38.8 Å². The average molecular weight is 418 g/mol. The van der Waals surface area contributed by atoms with Gasteiger partial charge in [0.2, 0.25) is 5.91 Å². The van der Waals surface area contributed by atoms with E-state index >= 15 is 0 Å². The van der Waals surface area contributed by atoms with Crippen molar-refractivity contribution in [3.8, 4) is 0 Å². The quantitative estimate of drug-likeness (QED) is 0.587. The molecule has 5 rings (SSSR count). The summed E-state index contributed by atoms with van der Waals surface area (Å²) >= 11 is 6.57. The number of carbonyl (C=O) groups excluding carboxylic acids is 1. The summed E-state index contributed by atoms with van der Waals surface area (Å²) < 4.78 is 0. The zero-order valence-electron chi connectivity index (χ0n) is 17.6. The number of nitrogens with one attached hydrogen (secondary N) is 1. The van der Waals surface area contributed by atoms with E-state index in [1.165, 1.54) is 11.1 Å². The molecule has 0 radical (unpaired) electrons. The molecule has 1 unspecified atom stereocenters. The molecule has 0 aliphatic carbocycles. The van der Waals surface area contributed by atoms with Gasteiger partial charge in [-0.1, -0.05) is 61.4 Å². The number of aromatic nitrogens is 1. The Morgan fingerprint density at radius 1 is 1.17 bits per heavy atom. The molecule has 2 aromatic carbocycles. The number of carbonyl (C=O) groups is 1. The predicted octanol–water partition coefficient (Wildman–Crippen LogP) is 5.14. The van der Waals surface area contributed by atoms with Gasteiger partial charge in [-0.25, -0.2) is 4.98 Å². The van der Waals surface area contributed by atoms with Crippen LogP contribution in [0.25, 0.3) is 17.0 Å². The van der Waals surface area contributed by atoms with Gasteiger partial charge in [-0.05, 0) is 49.2 Å². The summed E-state index contributed by atoms with van der Waals surface area (Å²) in [6.07, 6.45) is 4.08. The number of pyridine rings is 1. The first kappa shape index (κ1) is 19.1. The minimum absolute atomic E-state index is 0.0243. The summed E-state index contributed by atoms with van der Waals surface area (Å²) in [5, 5.41) is 4.78. The molecule has 2 aliphatic heterocycles. The van der Waals surface area contributed by atoms with Crippen LogP contribution in [0, 0.1) is 13.8 Å². The van der Waals surface area contributed by atoms with Crippen molar-refractivity contribution in [3.05, 3.63) is 75.9 Å². The molecule has 30 heavy (non-hydrogen) atoms. The number of hydrogen-bond acceptors (Lipinski definition) is 3. The maximum absolute atomic E-state index is 12.5. The monoisotopic (exact) mass is 417 g/mol. The van der Waals surface area contributed by atoms with Crippen LogP contribution >= 0.6 is 11.6 Å². The highest BCUT2D eigenvalue weighted by Crippen LogP contribution is 2.52. The minimum atomic E-state index is -0.644. The van der Waals surface area contributed by atoms with Crippen LogP contribution in [0.3, 0.4) is 0 Å². The largest absolute Gasteiger partial charge is 0.335 e. The molecule has 4 nitrogen and oxygen atoms in total. The minimum Gasteiger partial charge on any atom is -0.335 e. The molecular weight excluding hydrogens is 394 g/mol. The van der Waals surface area contributed by atoms with Gasteiger partial charge in [-0.3, -0.25) is 4.79 Å². The average Bonchev–Trinajstić information content (AvgIpc) is 3.12. The second-order valence-electron chi connectivity index (χ2n) is 8.90. The molecule has 1 saturated heterocycles. The van der Waals surface area contributed by atoms with Crippen LogP contribution in [0.1, 0.15) is 36.1 Å². The molecule has 3 aromatic rings. The highest BCUT2D eigenvalue weighted by atomic mass is 35.5. The van der Waals surface area contributed by atoms with E-state index < -0.39 is 5.66 Å². The second-order valence-corrected chi connectivity index (χ2v) is 9.26. The van der Waals surface area contributed by atoms with Gasteiger partial charge in [0.25, 0.3) is 0 Å². The first-order valence-electron chi connectivity index (χ1n) is 10.2. The molecular formula is C25H24ClN3O. The summed E-state index contributed by atoms with van der Waals surface area (Å²) in [6, 6.07) is 14.6. The summed E-state index contributed by atoms with van der Waals surface area (Å²) in [6.45, 7) is 8.83. The second kappa shape index (κ2) is 6.32. The van der Waals surface area contributed by atoms with Crippen molar-refractivity contribution in [1.82, 2.24) is 10.3 Å². The van der Waals surface area contributed by atoms with Gasteiger partial charge in [0.05, 0.1) is 12.1 Å². The molecule has 3 heterocycles. The van der Waals surface area contributed by atoms with E-state index in [0.717, 1.165) is 27.7 Å². The third kappa shape index (κ3) is 2.53. The Kier molecular flexibility index (Phi) is 4.03. The molecule has 0 saturated carbocycles. The molecule has 1 fully saturated rings. The van der Waals surface area contributed by atoms with Gasteiger partial charge in [-0.2, -0.15) is 0 Å². The number of amides is 1. The number of para-hydroxylation sites is 1. The fraction of sp³-hybridized carbons (Fsp3) is 0.280. The standard InChI is InChI=1S/C25H24ClN3O/c1-15-11-16(2)22-18(12-15)13-17(23(26)27-22)9-10-25-24(3,4)19-7-5-6-8-20(19)29(25)14-21(30)28-25/h5-13H,14H2,1-4H3,(H,28,30)/b10-9+. The van der Waals surface area contributed by atoms with Crippen LogP contribution in [0.15, 0.2) is 48.5 Å². The van der Waals surface area contributed by atoms with Gasteiger partial charge in [0, 0.05) is 22.1 Å². The van der Waals surface area contributed by atoms with Crippen molar-refractivity contribution >= 4 is 40.2 Å². The van der Waals surface area contributed by atoms with E-state index in [2.05, 4.69) is 85.4 Å². The molecule has 1 N–H and O–H groups in total. The number of nitrogens with zero attached hydrogens (tertiary/aromatic N) is 2. The van der Waals surface area contributed by atoms with E-state index in [-0.39, 0.29) is 11.3 Å². The van der Waals surface area contributed by atoms with Crippen molar-refractivity contribution < 1.29 is 4.79 Å². The zero-order valence-corrected chi connectivity index (χ0v) is 18.3. The Morgan fingerprint density at radius 3 is 2.73 bits per heavy atom. The van der Waals surface area contributed by atoms with Crippen molar-refractivity contribution in [2.24, 2.45) is 0 Å². The normalized spacial score (nSPS) is 21.9. The summed E-state index contributed by atoms with van der Waals surface area (Å²) in [4.78, 5) is 19.3. The van der Waals surface area contributed by atoms with E-state index in [0.29, 0.717) is 11.7 Å². The van der Waals surface area contributed by atoms with E-state index in [9.17, 15) is 4.79 Å². The fourth-order valence-corrected chi connectivity index (χ4v) is 5.31. The first-order valence-corrected chi connectivity index (χ1v) is 10.6. The maximum Gasteiger partial charge on any atom is 0.241 e. The van der Waals surface area contributed by atoms with Crippen LogP contribution in [0.5, 0.6) is 0 Å². The molecule has 1 aromatic heterocycles. The van der Waals surface area contributed by atoms with E-state index in [4.69, 9.17) is 11.6 Å². The van der Waals surface area contributed by atoms with E-state index in [1.807, 2.05) is 12.1 Å². The molecule has 2 aliphatic rings. The Balaban J connectivity index is 1.64. The number of hydrogen-bond donors (Lipinski definition) is 1. The van der Waals surface area contributed by atoms with Crippen LogP contribution in [-0.2, 0) is 10.2 Å². The zero-order chi connectivity index (χ0) is 21.3. The Hall–Kier alpha value is -2.85. The van der Waals surface area contributed by atoms with Crippen LogP contribution < -0.4 is 10.2 Å². The maximum atomic E-state index is 12.5. The molecule has 5 heteroatoms. The van der Waals surface area contributed by atoms with Crippen molar-refractivity contribution in [3.63, 3.8) is 0 Å². The van der Waals surface area contributed by atoms with Crippen LogP contribution in [-0.4, -0.2) is 23.1 Å². The number of fused-ring (bicyclic) bond motifs is 4. The topological polar surface area (TPSA) is 45.2 Å². The number of halogens is 1. The van der Waals surface area contributed by atoms with Crippen molar-refractivity contribution in [2.75, 3.05) is 11.4 Å². The van der Waals surface area contributed by atoms with Crippen molar-refractivity contribution in [1.29, 1.82) is 0 Å². The molecule has 1 atom stereocenters. The van der Waals surface area contributed by atoms with E-state index in [1.54, 1.807) is 0 Å². The molecule has 152 valence electrons. The third-order valence-corrected chi connectivity index (χ3v) is 6.92. The van der Waals surface area contributed by atoms with Gasteiger partial charge >= 0.3 is 0 Å². The number of anilines is 1. The highest BCUT2D eigenvalue weighted by Gasteiger charge is 2.59. The van der Waals surface area contributed by atoms with Crippen LogP contribution in [0.4, 0.5) is 5.69 Å². The summed E-state index contributed by atoms with van der Waals surface area (Å²) in [5.41, 5.74) is 5.44. The van der Waals surface area contributed by atoms with Gasteiger partial charge in [0.1, 0.15) is 10.8 Å². The summed E-state index contributed by atoms with van der Waals surface area (Å²) in [7, 11) is 0. The van der Waals surface area contributed by atoms with Crippen LogP contribution in [0.2, 0.25) is 5.15 Å². The Bertz CT molecular complexity index is 1250. The number of aryl methyl sites for hydroxylation is 2. The lowest BCUT2D eigenvalue weighted by atomic mass is 9.75. The lowest BCUT2D eigenvalue weighted by molar-refractivity contribution is -0.118. The summed E-state index contributed by atoms with van der Waals surface area (Å²) in [5.74, 6) is 0.0243. The Labute approximate surface area is 181 Å². The number of rotatable bonds is 2. The number of benzene rings is 2. The lowest BCUT2D eigenvalue weighted by Crippen LogP contribution is -2.58. The SMILES string of the molecule is Cc1cc(C)c2nc(Cl)c(/C=C/C34NC(=O)CN3c3ccccc3C4(C)C)cc2c1. The van der Waals surface area contributed by atoms with Gasteiger partial charge < -0.3 is 10.2 Å². The fourth-order valence-electron chi connectivity index (χ4n) is 5.11. The van der Waals surface area contributed by atoms with Gasteiger partial charge in [-0.15, -0.1) is 0 Å². The molecule has 0 bridgehead atoms. The predicted molar refractivity (Wildman–Crippen MR) is 123 cm³/mol.